The van der Waals surface area contributed by atoms with Gasteiger partial charge >= 0.3 is 5.97 Å². The molecule has 5 nitrogen and oxygen atoms in total. The predicted molar refractivity (Wildman–Crippen MR) is 93.1 cm³/mol. The number of ether oxygens (including phenoxy) is 1. The number of carbonyl (C=O) groups is 1. The maximum absolute atomic E-state index is 12.3. The SMILES string of the molecule is COC(=O)CC1CCn2c1cc1c(S(C)(=O)=O)cc(C(C)C)cc12. The number of hydrogen-bond donors (Lipinski definition) is 0. The fraction of sp³-hybridized carbons (Fsp3) is 0.500. The summed E-state index contributed by atoms with van der Waals surface area (Å²) in [5.74, 6) is 0.0954. The summed E-state index contributed by atoms with van der Waals surface area (Å²) in [4.78, 5) is 12.0. The van der Waals surface area contributed by atoms with Crippen molar-refractivity contribution in [1.82, 2.24) is 4.57 Å². The largest absolute Gasteiger partial charge is 0.469 e. The van der Waals surface area contributed by atoms with E-state index in [4.69, 9.17) is 4.74 Å². The second-order valence-electron chi connectivity index (χ2n) is 6.87. The van der Waals surface area contributed by atoms with E-state index in [0.29, 0.717) is 11.3 Å². The van der Waals surface area contributed by atoms with E-state index in [9.17, 15) is 13.2 Å². The van der Waals surface area contributed by atoms with Crippen LogP contribution in [-0.4, -0.2) is 32.3 Å². The Kier molecular flexibility index (Phi) is 4.20. The molecule has 2 heterocycles. The van der Waals surface area contributed by atoms with Crippen molar-refractivity contribution in [1.29, 1.82) is 0 Å². The maximum atomic E-state index is 12.3. The highest BCUT2D eigenvalue weighted by atomic mass is 32.2. The molecule has 0 N–H and O–H groups in total. The molecule has 0 amide bonds. The quantitative estimate of drug-likeness (QED) is 0.795. The number of esters is 1. The first-order chi connectivity index (χ1) is 11.2. The van der Waals surface area contributed by atoms with E-state index in [1.54, 1.807) is 6.07 Å². The second-order valence-corrected chi connectivity index (χ2v) is 8.85. The van der Waals surface area contributed by atoms with Gasteiger partial charge in [0.2, 0.25) is 0 Å². The molecular formula is C18H23NO4S. The zero-order valence-corrected chi connectivity index (χ0v) is 15.3. The van der Waals surface area contributed by atoms with Gasteiger partial charge in [0.25, 0.3) is 0 Å². The van der Waals surface area contributed by atoms with Crippen LogP contribution in [0.15, 0.2) is 23.1 Å². The van der Waals surface area contributed by atoms with Crippen LogP contribution in [0.3, 0.4) is 0 Å². The van der Waals surface area contributed by atoms with Crippen molar-refractivity contribution in [2.45, 2.75) is 50.0 Å². The lowest BCUT2D eigenvalue weighted by atomic mass is 9.99. The van der Waals surface area contributed by atoms with Crippen LogP contribution in [0.1, 0.15) is 49.8 Å². The molecule has 3 rings (SSSR count). The van der Waals surface area contributed by atoms with E-state index in [2.05, 4.69) is 24.5 Å². The Labute approximate surface area is 142 Å². The van der Waals surface area contributed by atoms with Crippen LogP contribution in [-0.2, 0) is 25.9 Å². The molecule has 130 valence electrons. The van der Waals surface area contributed by atoms with E-state index < -0.39 is 9.84 Å². The normalized spacial score (nSPS) is 17.5. The number of aromatic nitrogens is 1. The Balaban J connectivity index is 2.21. The van der Waals surface area contributed by atoms with Crippen LogP contribution in [0.2, 0.25) is 0 Å². The molecule has 0 radical (unpaired) electrons. The summed E-state index contributed by atoms with van der Waals surface area (Å²) < 4.78 is 31.5. The van der Waals surface area contributed by atoms with Crippen LogP contribution in [0.4, 0.5) is 0 Å². The molecule has 1 aromatic heterocycles. The summed E-state index contributed by atoms with van der Waals surface area (Å²) in [5, 5.41) is 0.756. The van der Waals surface area contributed by atoms with Crippen molar-refractivity contribution < 1.29 is 17.9 Å². The molecule has 6 heteroatoms. The summed E-state index contributed by atoms with van der Waals surface area (Å²) in [6, 6.07) is 5.81. The number of methoxy groups -OCH3 is 1. The minimum Gasteiger partial charge on any atom is -0.469 e. The average Bonchev–Trinajstić information content (AvgIpc) is 3.05. The van der Waals surface area contributed by atoms with Crippen molar-refractivity contribution in [2.24, 2.45) is 0 Å². The summed E-state index contributed by atoms with van der Waals surface area (Å²) in [5.41, 5.74) is 2.99. The zero-order chi connectivity index (χ0) is 17.6. The topological polar surface area (TPSA) is 65.4 Å². The molecule has 0 saturated heterocycles. The summed E-state index contributed by atoms with van der Waals surface area (Å²) >= 11 is 0. The Morgan fingerprint density at radius 3 is 2.62 bits per heavy atom. The highest BCUT2D eigenvalue weighted by molar-refractivity contribution is 7.91. The van der Waals surface area contributed by atoms with Gasteiger partial charge in [-0.1, -0.05) is 13.8 Å². The molecule has 0 aliphatic carbocycles. The Bertz CT molecular complexity index is 909. The van der Waals surface area contributed by atoms with E-state index >= 15 is 0 Å². The summed E-state index contributed by atoms with van der Waals surface area (Å²) in [6.07, 6.45) is 2.46. The fourth-order valence-corrected chi connectivity index (χ4v) is 4.43. The third-order valence-corrected chi connectivity index (χ3v) is 6.00. The van der Waals surface area contributed by atoms with Crippen LogP contribution in [0, 0.1) is 0 Å². The first kappa shape index (κ1) is 17.0. The maximum Gasteiger partial charge on any atom is 0.306 e. The van der Waals surface area contributed by atoms with Crippen molar-refractivity contribution in [3.8, 4) is 0 Å². The second kappa shape index (κ2) is 5.92. The molecule has 0 saturated carbocycles. The van der Waals surface area contributed by atoms with E-state index in [0.717, 1.165) is 35.1 Å². The van der Waals surface area contributed by atoms with Crippen molar-refractivity contribution in [3.05, 3.63) is 29.5 Å². The average molecular weight is 349 g/mol. The van der Waals surface area contributed by atoms with E-state index in [1.165, 1.54) is 13.4 Å². The molecular weight excluding hydrogens is 326 g/mol. The lowest BCUT2D eigenvalue weighted by Crippen LogP contribution is -2.06. The Hall–Kier alpha value is -1.82. The number of rotatable bonds is 4. The number of fused-ring (bicyclic) bond motifs is 3. The lowest BCUT2D eigenvalue weighted by molar-refractivity contribution is -0.141. The van der Waals surface area contributed by atoms with Crippen molar-refractivity contribution in [3.63, 3.8) is 0 Å². The molecule has 1 aliphatic heterocycles. The lowest BCUT2D eigenvalue weighted by Gasteiger charge is -2.11. The third-order valence-electron chi connectivity index (χ3n) is 4.86. The monoisotopic (exact) mass is 349 g/mol. The number of benzene rings is 1. The number of aryl methyl sites for hydroxylation is 1. The third kappa shape index (κ3) is 2.83. The number of carbonyl (C=O) groups excluding carboxylic acids is 1. The molecule has 2 aromatic rings. The van der Waals surface area contributed by atoms with Crippen LogP contribution >= 0.6 is 0 Å². The molecule has 0 bridgehead atoms. The van der Waals surface area contributed by atoms with Crippen LogP contribution in [0.25, 0.3) is 10.9 Å². The molecule has 0 fully saturated rings. The Morgan fingerprint density at radius 1 is 1.33 bits per heavy atom. The van der Waals surface area contributed by atoms with Gasteiger partial charge in [-0.05, 0) is 36.1 Å². The minimum atomic E-state index is -3.32. The highest BCUT2D eigenvalue weighted by Gasteiger charge is 2.29. The molecule has 0 spiro atoms. The van der Waals surface area contributed by atoms with Gasteiger partial charge in [0.15, 0.2) is 9.84 Å². The number of nitrogens with zero attached hydrogens (tertiary/aromatic N) is 1. The molecule has 24 heavy (non-hydrogen) atoms. The first-order valence-corrected chi connectivity index (χ1v) is 10.1. The van der Waals surface area contributed by atoms with Gasteiger partial charge in [0, 0.05) is 35.3 Å². The zero-order valence-electron chi connectivity index (χ0n) is 14.5. The number of hydrogen-bond acceptors (Lipinski definition) is 4. The van der Waals surface area contributed by atoms with Gasteiger partial charge < -0.3 is 9.30 Å². The first-order valence-electron chi connectivity index (χ1n) is 8.16. The molecule has 1 aromatic carbocycles. The fourth-order valence-electron chi connectivity index (χ4n) is 3.52. The summed E-state index contributed by atoms with van der Waals surface area (Å²) in [6.45, 7) is 4.91. The molecule has 1 atom stereocenters. The van der Waals surface area contributed by atoms with Gasteiger partial charge in [-0.3, -0.25) is 4.79 Å². The smallest absolute Gasteiger partial charge is 0.306 e. The Morgan fingerprint density at radius 2 is 2.04 bits per heavy atom. The van der Waals surface area contributed by atoms with Crippen molar-refractivity contribution >= 4 is 26.7 Å². The molecule has 1 unspecified atom stereocenters. The van der Waals surface area contributed by atoms with Gasteiger partial charge in [-0.25, -0.2) is 8.42 Å². The van der Waals surface area contributed by atoms with E-state index in [1.807, 2.05) is 6.07 Å². The van der Waals surface area contributed by atoms with Gasteiger partial charge in [-0.2, -0.15) is 0 Å². The number of sulfone groups is 1. The predicted octanol–water partition coefficient (Wildman–Crippen LogP) is 3.22. The van der Waals surface area contributed by atoms with Gasteiger partial charge in [0.05, 0.1) is 18.4 Å². The van der Waals surface area contributed by atoms with E-state index in [-0.39, 0.29) is 17.8 Å². The summed E-state index contributed by atoms with van der Waals surface area (Å²) in [7, 11) is -1.93. The van der Waals surface area contributed by atoms with Gasteiger partial charge in [-0.15, -0.1) is 0 Å². The standard InChI is InChI=1S/C18H23NO4S/c1-11(2)13-7-16-14(17(8-13)24(4,21)22)10-15-12(5-6-19(15)16)9-18(20)23-3/h7-8,10-12H,5-6,9H2,1-4H3. The minimum absolute atomic E-state index is 0.0831. The highest BCUT2D eigenvalue weighted by Crippen LogP contribution is 2.39. The molecule has 1 aliphatic rings. The van der Waals surface area contributed by atoms with Crippen LogP contribution in [0.5, 0.6) is 0 Å². The van der Waals surface area contributed by atoms with Crippen molar-refractivity contribution in [2.75, 3.05) is 13.4 Å². The van der Waals surface area contributed by atoms with Gasteiger partial charge in [0.1, 0.15) is 0 Å². The van der Waals surface area contributed by atoms with Crippen LogP contribution < -0.4 is 0 Å².